The van der Waals surface area contributed by atoms with Crippen LogP contribution in [0.25, 0.3) is 0 Å². The molecule has 0 radical (unpaired) electrons. The third kappa shape index (κ3) is 2.74. The van der Waals surface area contributed by atoms with Crippen molar-refractivity contribution in [2.24, 2.45) is 5.41 Å². The Morgan fingerprint density at radius 2 is 1.76 bits per heavy atom. The summed E-state index contributed by atoms with van der Waals surface area (Å²) in [6, 6.07) is 13.0. The van der Waals surface area contributed by atoms with Gasteiger partial charge in [0.1, 0.15) is 5.82 Å². The second-order valence-electron chi connectivity index (χ2n) is 8.70. The summed E-state index contributed by atoms with van der Waals surface area (Å²) in [5.74, 6) is -0.232. The Morgan fingerprint density at radius 3 is 2.45 bits per heavy atom. The molecule has 0 unspecified atom stereocenters. The zero-order valence-electron chi connectivity index (χ0n) is 16.3. The van der Waals surface area contributed by atoms with Gasteiger partial charge in [0.05, 0.1) is 10.4 Å². The number of halogens is 1. The van der Waals surface area contributed by atoms with E-state index in [9.17, 15) is 17.6 Å². The highest BCUT2D eigenvalue weighted by atomic mass is 32.2. The van der Waals surface area contributed by atoms with Gasteiger partial charge in [-0.2, -0.15) is 4.31 Å². The van der Waals surface area contributed by atoms with Gasteiger partial charge in [-0.1, -0.05) is 37.3 Å². The zero-order valence-corrected chi connectivity index (χ0v) is 17.1. The maximum Gasteiger partial charge on any atom is 0.244 e. The van der Waals surface area contributed by atoms with Gasteiger partial charge in [-0.3, -0.25) is 4.79 Å². The van der Waals surface area contributed by atoms with Crippen molar-refractivity contribution in [1.82, 2.24) is 9.21 Å². The first kappa shape index (κ1) is 18.8. The Hall–Kier alpha value is -2.25. The first-order valence-corrected chi connectivity index (χ1v) is 11.4. The van der Waals surface area contributed by atoms with Crippen LogP contribution in [0, 0.1) is 11.2 Å². The molecule has 1 spiro atoms. The maximum absolute atomic E-state index is 13.5. The van der Waals surface area contributed by atoms with E-state index in [0.717, 1.165) is 24.0 Å². The first-order chi connectivity index (χ1) is 13.8. The number of carbonyl (C=O) groups excluding carboxylic acids is 1. The van der Waals surface area contributed by atoms with Crippen LogP contribution >= 0.6 is 0 Å². The number of likely N-dealkylation sites (tertiary alicyclic amines) is 1. The number of rotatable bonds is 3. The number of benzene rings is 2. The summed E-state index contributed by atoms with van der Waals surface area (Å²) in [4.78, 5) is 15.1. The number of fused-ring (bicyclic) bond motifs is 2. The molecule has 5 rings (SSSR count). The molecule has 3 aliphatic rings. The van der Waals surface area contributed by atoms with E-state index in [1.165, 1.54) is 16.4 Å². The Morgan fingerprint density at radius 1 is 1.07 bits per heavy atom. The molecule has 2 aliphatic heterocycles. The van der Waals surface area contributed by atoms with Crippen molar-refractivity contribution in [2.45, 2.75) is 43.2 Å². The molecule has 1 atom stereocenters. The monoisotopic (exact) mass is 414 g/mol. The van der Waals surface area contributed by atoms with Crippen LogP contribution in [-0.2, 0) is 26.9 Å². The highest BCUT2D eigenvalue weighted by molar-refractivity contribution is 7.89. The standard InChI is InChI=1S/C22H23FN2O3S/c1-21(10-11-21)20(26)24-13-12-22(15-24)18-4-2-3-5-19(18)29(27,28)25(22)14-16-6-8-17(23)9-7-16/h2-9H,10-15H2,1H3/t22-/m0/s1. The molecule has 2 aromatic carbocycles. The van der Waals surface area contributed by atoms with E-state index >= 15 is 0 Å². The molecular weight excluding hydrogens is 391 g/mol. The van der Waals surface area contributed by atoms with Crippen molar-refractivity contribution in [1.29, 1.82) is 0 Å². The number of nitrogens with zero attached hydrogens (tertiary/aromatic N) is 2. The molecule has 152 valence electrons. The summed E-state index contributed by atoms with van der Waals surface area (Å²) in [6.07, 6.45) is 2.35. The van der Waals surface area contributed by atoms with Gasteiger partial charge in [0.2, 0.25) is 15.9 Å². The smallest absolute Gasteiger partial charge is 0.244 e. The molecule has 1 aliphatic carbocycles. The fourth-order valence-electron chi connectivity index (χ4n) is 4.72. The Labute approximate surface area is 170 Å². The highest BCUT2D eigenvalue weighted by Crippen LogP contribution is 2.52. The van der Waals surface area contributed by atoms with E-state index in [-0.39, 0.29) is 23.7 Å². The topological polar surface area (TPSA) is 57.7 Å². The summed E-state index contributed by atoms with van der Waals surface area (Å²) < 4.78 is 41.8. The lowest BCUT2D eigenvalue weighted by Crippen LogP contribution is -2.46. The van der Waals surface area contributed by atoms with E-state index in [2.05, 4.69) is 0 Å². The average Bonchev–Trinajstić information content (AvgIpc) is 3.26. The van der Waals surface area contributed by atoms with Crippen LogP contribution in [0.2, 0.25) is 0 Å². The molecule has 2 aromatic rings. The van der Waals surface area contributed by atoms with Gasteiger partial charge >= 0.3 is 0 Å². The van der Waals surface area contributed by atoms with Crippen molar-refractivity contribution in [3.05, 3.63) is 65.5 Å². The van der Waals surface area contributed by atoms with Gasteiger partial charge in [0.25, 0.3) is 0 Å². The van der Waals surface area contributed by atoms with E-state index < -0.39 is 15.6 Å². The Bertz CT molecular complexity index is 1100. The molecule has 1 saturated heterocycles. The SMILES string of the molecule is CC1(C(=O)N2CC[C@]3(C2)c2ccccc2S(=O)(=O)N3Cc2ccc(F)cc2)CC1. The minimum absolute atomic E-state index is 0.123. The fourth-order valence-corrected chi connectivity index (χ4v) is 6.78. The van der Waals surface area contributed by atoms with Crippen LogP contribution < -0.4 is 0 Å². The molecule has 1 amide bonds. The second kappa shape index (κ2) is 6.12. The predicted octanol–water partition coefficient (Wildman–Crippen LogP) is 3.26. The van der Waals surface area contributed by atoms with Crippen molar-refractivity contribution < 1.29 is 17.6 Å². The van der Waals surface area contributed by atoms with Gasteiger partial charge < -0.3 is 4.90 Å². The maximum atomic E-state index is 13.5. The van der Waals surface area contributed by atoms with Gasteiger partial charge in [-0.15, -0.1) is 0 Å². The first-order valence-electron chi connectivity index (χ1n) is 9.93. The largest absolute Gasteiger partial charge is 0.340 e. The van der Waals surface area contributed by atoms with Gasteiger partial charge in [0, 0.05) is 25.0 Å². The summed E-state index contributed by atoms with van der Waals surface area (Å²) in [5.41, 5.74) is 0.425. The summed E-state index contributed by atoms with van der Waals surface area (Å²) in [5, 5.41) is 0. The van der Waals surface area contributed by atoms with Crippen LogP contribution in [-0.4, -0.2) is 36.6 Å². The van der Waals surface area contributed by atoms with Gasteiger partial charge in [-0.25, -0.2) is 12.8 Å². The number of sulfonamides is 1. The fraction of sp³-hybridized carbons (Fsp3) is 0.409. The highest BCUT2D eigenvalue weighted by Gasteiger charge is 2.59. The zero-order chi connectivity index (χ0) is 20.4. The molecule has 2 heterocycles. The molecule has 0 bridgehead atoms. The molecule has 7 heteroatoms. The van der Waals surface area contributed by atoms with Crippen molar-refractivity contribution >= 4 is 15.9 Å². The molecule has 5 nitrogen and oxygen atoms in total. The summed E-state index contributed by atoms with van der Waals surface area (Å²) in [7, 11) is -3.71. The van der Waals surface area contributed by atoms with Crippen LogP contribution in [0.15, 0.2) is 53.4 Å². The minimum Gasteiger partial charge on any atom is -0.340 e. The van der Waals surface area contributed by atoms with Crippen molar-refractivity contribution in [2.75, 3.05) is 13.1 Å². The quantitative estimate of drug-likeness (QED) is 0.775. The molecule has 29 heavy (non-hydrogen) atoms. The Kier molecular flexibility index (Phi) is 3.96. The lowest BCUT2D eigenvalue weighted by molar-refractivity contribution is -0.135. The Balaban J connectivity index is 1.57. The lowest BCUT2D eigenvalue weighted by atomic mass is 9.88. The minimum atomic E-state index is -3.71. The molecule has 1 saturated carbocycles. The van der Waals surface area contributed by atoms with Crippen LogP contribution in [0.5, 0.6) is 0 Å². The number of hydrogen-bond donors (Lipinski definition) is 0. The molecule has 2 fully saturated rings. The molecule has 0 aromatic heterocycles. The van der Waals surface area contributed by atoms with Crippen molar-refractivity contribution in [3.63, 3.8) is 0 Å². The normalized spacial score (nSPS) is 26.6. The van der Waals surface area contributed by atoms with Crippen molar-refractivity contribution in [3.8, 4) is 0 Å². The predicted molar refractivity (Wildman–Crippen MR) is 106 cm³/mol. The van der Waals surface area contributed by atoms with E-state index in [1.807, 2.05) is 24.0 Å². The van der Waals surface area contributed by atoms with Crippen LogP contribution in [0.3, 0.4) is 0 Å². The molecule has 0 N–H and O–H groups in total. The third-order valence-electron chi connectivity index (χ3n) is 6.72. The molecular formula is C22H23FN2O3S. The van der Waals surface area contributed by atoms with Crippen LogP contribution in [0.1, 0.15) is 37.3 Å². The lowest BCUT2D eigenvalue weighted by Gasteiger charge is -2.34. The van der Waals surface area contributed by atoms with E-state index in [0.29, 0.717) is 24.4 Å². The summed E-state index contributed by atoms with van der Waals surface area (Å²) >= 11 is 0. The van der Waals surface area contributed by atoms with Gasteiger partial charge in [-0.05, 0) is 48.6 Å². The summed E-state index contributed by atoms with van der Waals surface area (Å²) in [6.45, 7) is 3.03. The third-order valence-corrected chi connectivity index (χ3v) is 8.70. The number of carbonyl (C=O) groups is 1. The van der Waals surface area contributed by atoms with E-state index in [1.54, 1.807) is 24.3 Å². The van der Waals surface area contributed by atoms with E-state index in [4.69, 9.17) is 0 Å². The number of amides is 1. The van der Waals surface area contributed by atoms with Gasteiger partial charge in [0.15, 0.2) is 0 Å². The van der Waals surface area contributed by atoms with Crippen LogP contribution in [0.4, 0.5) is 4.39 Å². The number of hydrogen-bond acceptors (Lipinski definition) is 3. The second-order valence-corrected chi connectivity index (χ2v) is 10.5. The average molecular weight is 415 g/mol.